The number of rotatable bonds is 5. The lowest BCUT2D eigenvalue weighted by molar-refractivity contribution is -0.123. The van der Waals surface area contributed by atoms with E-state index >= 15 is 0 Å². The molecule has 2 rings (SSSR count). The summed E-state index contributed by atoms with van der Waals surface area (Å²) in [4.78, 5) is 20.7. The second-order valence-electron chi connectivity index (χ2n) is 6.50. The Labute approximate surface area is 144 Å². The third kappa shape index (κ3) is 5.26. The molecule has 2 heterocycles. The molecule has 0 spiro atoms. The maximum absolute atomic E-state index is 11.9. The first-order valence-electron chi connectivity index (χ1n) is 8.57. The van der Waals surface area contributed by atoms with Crippen molar-refractivity contribution in [1.29, 1.82) is 0 Å². The van der Waals surface area contributed by atoms with E-state index in [1.165, 1.54) is 5.69 Å². The summed E-state index contributed by atoms with van der Waals surface area (Å²) in [6, 6.07) is 4.34. The lowest BCUT2D eigenvalue weighted by Gasteiger charge is -2.36. The van der Waals surface area contributed by atoms with Gasteiger partial charge in [-0.2, -0.15) is 0 Å². The molecule has 0 radical (unpaired) electrons. The van der Waals surface area contributed by atoms with Crippen LogP contribution in [-0.4, -0.2) is 72.0 Å². The summed E-state index contributed by atoms with van der Waals surface area (Å²) in [7, 11) is 3.86. The van der Waals surface area contributed by atoms with Gasteiger partial charge < -0.3 is 20.1 Å². The van der Waals surface area contributed by atoms with E-state index in [0.29, 0.717) is 6.54 Å². The second kappa shape index (κ2) is 8.73. The van der Waals surface area contributed by atoms with Crippen LogP contribution >= 0.6 is 0 Å². The van der Waals surface area contributed by atoms with E-state index in [1.54, 1.807) is 0 Å². The average Bonchev–Trinajstić information content (AvgIpc) is 2.94. The average molecular weight is 334 g/mol. The Balaban J connectivity index is 1.77. The lowest BCUT2D eigenvalue weighted by Crippen LogP contribution is -2.54. The number of nitrogens with zero attached hydrogens (tertiary/aromatic N) is 4. The number of guanidine groups is 1. The van der Waals surface area contributed by atoms with Crippen molar-refractivity contribution in [3.05, 3.63) is 24.0 Å². The highest BCUT2D eigenvalue weighted by Gasteiger charge is 2.21. The number of carbonyl (C=O) groups is 1. The number of hydrogen-bond acceptors (Lipinski definition) is 3. The van der Waals surface area contributed by atoms with Crippen molar-refractivity contribution < 1.29 is 4.79 Å². The zero-order valence-corrected chi connectivity index (χ0v) is 15.2. The first kappa shape index (κ1) is 18.3. The van der Waals surface area contributed by atoms with Gasteiger partial charge in [0.15, 0.2) is 5.96 Å². The van der Waals surface area contributed by atoms with Crippen LogP contribution < -0.4 is 10.6 Å². The predicted octanol–water partition coefficient (Wildman–Crippen LogP) is 0.243. The largest absolute Gasteiger partial charge is 0.353 e. The number of nitrogens with one attached hydrogen (secondary N) is 2. The molecule has 134 valence electrons. The summed E-state index contributed by atoms with van der Waals surface area (Å²) in [6.45, 7) is 8.70. The molecule has 2 N–H and O–H groups in total. The fourth-order valence-electron chi connectivity index (χ4n) is 2.87. The van der Waals surface area contributed by atoms with Gasteiger partial charge in [-0.3, -0.25) is 14.7 Å². The Morgan fingerprint density at radius 3 is 2.54 bits per heavy atom. The molecule has 1 fully saturated rings. The van der Waals surface area contributed by atoms with Gasteiger partial charge in [0.2, 0.25) is 5.91 Å². The van der Waals surface area contributed by atoms with Crippen LogP contribution in [0.1, 0.15) is 19.5 Å². The topological polar surface area (TPSA) is 64.9 Å². The van der Waals surface area contributed by atoms with Gasteiger partial charge in [-0.15, -0.1) is 0 Å². The van der Waals surface area contributed by atoms with E-state index in [2.05, 4.69) is 36.1 Å². The molecule has 1 aliphatic heterocycles. The van der Waals surface area contributed by atoms with Crippen LogP contribution in [0.25, 0.3) is 0 Å². The maximum atomic E-state index is 11.9. The van der Waals surface area contributed by atoms with Crippen LogP contribution in [0.2, 0.25) is 0 Å². The Bertz CT molecular complexity index is 557. The Hall–Kier alpha value is -2.02. The van der Waals surface area contributed by atoms with Crippen LogP contribution in [0.5, 0.6) is 0 Å². The number of aliphatic imine (C=N–C) groups is 1. The van der Waals surface area contributed by atoms with Crippen LogP contribution in [0, 0.1) is 0 Å². The molecule has 1 aromatic heterocycles. The maximum Gasteiger partial charge on any atom is 0.234 e. The number of hydrogen-bond donors (Lipinski definition) is 2. The Kier molecular flexibility index (Phi) is 6.66. The van der Waals surface area contributed by atoms with Gasteiger partial charge in [-0.25, -0.2) is 0 Å². The number of amides is 1. The van der Waals surface area contributed by atoms with Gasteiger partial charge in [-0.05, 0) is 26.0 Å². The zero-order valence-electron chi connectivity index (χ0n) is 15.2. The normalized spacial score (nSPS) is 16.5. The quantitative estimate of drug-likeness (QED) is 0.598. The summed E-state index contributed by atoms with van der Waals surface area (Å²) in [6.07, 6.45) is 2.04. The van der Waals surface area contributed by atoms with Crippen LogP contribution in [0.4, 0.5) is 0 Å². The van der Waals surface area contributed by atoms with Crippen LogP contribution in [0.15, 0.2) is 23.3 Å². The fraction of sp³-hybridized carbons (Fsp3) is 0.647. The van der Waals surface area contributed by atoms with Crippen molar-refractivity contribution >= 4 is 11.9 Å². The van der Waals surface area contributed by atoms with E-state index in [-0.39, 0.29) is 11.9 Å². The minimum absolute atomic E-state index is 0.102. The van der Waals surface area contributed by atoms with Crippen molar-refractivity contribution in [2.45, 2.75) is 26.4 Å². The van der Waals surface area contributed by atoms with Crippen molar-refractivity contribution in [2.75, 3.05) is 39.8 Å². The van der Waals surface area contributed by atoms with Gasteiger partial charge in [0.25, 0.3) is 0 Å². The number of carbonyl (C=O) groups excluding carboxylic acids is 1. The van der Waals surface area contributed by atoms with Crippen molar-refractivity contribution in [1.82, 2.24) is 25.0 Å². The molecule has 0 atom stereocenters. The minimum atomic E-state index is 0.102. The van der Waals surface area contributed by atoms with E-state index in [0.717, 1.165) is 38.7 Å². The molecular weight excluding hydrogens is 304 g/mol. The Morgan fingerprint density at radius 2 is 2.00 bits per heavy atom. The van der Waals surface area contributed by atoms with Crippen molar-refractivity contribution in [3.63, 3.8) is 0 Å². The molecule has 1 aliphatic rings. The molecule has 7 heteroatoms. The van der Waals surface area contributed by atoms with E-state index < -0.39 is 0 Å². The summed E-state index contributed by atoms with van der Waals surface area (Å²) >= 11 is 0. The monoisotopic (exact) mass is 334 g/mol. The molecular formula is C17H30N6O. The summed E-state index contributed by atoms with van der Waals surface area (Å²) < 4.78 is 2.10. The predicted molar refractivity (Wildman–Crippen MR) is 96.9 cm³/mol. The first-order valence-corrected chi connectivity index (χ1v) is 8.57. The van der Waals surface area contributed by atoms with Gasteiger partial charge >= 0.3 is 0 Å². The molecule has 1 aromatic rings. The first-order chi connectivity index (χ1) is 11.5. The van der Waals surface area contributed by atoms with Gasteiger partial charge in [-0.1, -0.05) is 0 Å². The standard InChI is InChI=1S/C17H30N6O/c1-14(2)20-16(24)13-22-8-10-23(11-9-22)17(18-3)19-12-15-6-5-7-21(15)4/h5-7,14H,8-13H2,1-4H3,(H,18,19)(H,20,24). The SMILES string of the molecule is CN=C(NCc1cccn1C)N1CCN(CC(=O)NC(C)C)CC1. The Morgan fingerprint density at radius 1 is 1.29 bits per heavy atom. The molecule has 0 bridgehead atoms. The summed E-state index contributed by atoms with van der Waals surface area (Å²) in [5.41, 5.74) is 1.22. The highest BCUT2D eigenvalue weighted by atomic mass is 16.2. The molecule has 24 heavy (non-hydrogen) atoms. The summed E-state index contributed by atoms with van der Waals surface area (Å²) in [5.74, 6) is 1.02. The minimum Gasteiger partial charge on any atom is -0.353 e. The summed E-state index contributed by atoms with van der Waals surface area (Å²) in [5, 5.41) is 6.37. The molecule has 0 aromatic carbocycles. The van der Waals surface area contributed by atoms with Crippen molar-refractivity contribution in [2.24, 2.45) is 12.0 Å². The van der Waals surface area contributed by atoms with Crippen LogP contribution in [-0.2, 0) is 18.4 Å². The smallest absolute Gasteiger partial charge is 0.234 e. The molecule has 0 unspecified atom stereocenters. The van der Waals surface area contributed by atoms with Gasteiger partial charge in [0, 0.05) is 58.2 Å². The number of aryl methyl sites for hydroxylation is 1. The van der Waals surface area contributed by atoms with Crippen LogP contribution in [0.3, 0.4) is 0 Å². The molecule has 1 saturated heterocycles. The zero-order chi connectivity index (χ0) is 17.5. The molecule has 7 nitrogen and oxygen atoms in total. The number of aromatic nitrogens is 1. The van der Waals surface area contributed by atoms with Crippen molar-refractivity contribution in [3.8, 4) is 0 Å². The molecule has 1 amide bonds. The van der Waals surface area contributed by atoms with E-state index in [4.69, 9.17) is 0 Å². The second-order valence-corrected chi connectivity index (χ2v) is 6.50. The third-order valence-corrected chi connectivity index (χ3v) is 4.18. The van der Waals surface area contributed by atoms with E-state index in [9.17, 15) is 4.79 Å². The molecule has 0 aliphatic carbocycles. The highest BCUT2D eigenvalue weighted by Crippen LogP contribution is 2.04. The highest BCUT2D eigenvalue weighted by molar-refractivity contribution is 5.80. The lowest BCUT2D eigenvalue weighted by atomic mass is 10.3. The number of piperazine rings is 1. The van der Waals surface area contributed by atoms with E-state index in [1.807, 2.05) is 40.2 Å². The molecule has 0 saturated carbocycles. The third-order valence-electron chi connectivity index (χ3n) is 4.18. The van der Waals surface area contributed by atoms with Gasteiger partial charge in [0.1, 0.15) is 0 Å². The van der Waals surface area contributed by atoms with Gasteiger partial charge in [0.05, 0.1) is 13.1 Å². The fourth-order valence-corrected chi connectivity index (χ4v) is 2.87.